The summed E-state index contributed by atoms with van der Waals surface area (Å²) in [6.45, 7) is 6.51. The van der Waals surface area contributed by atoms with Crippen molar-refractivity contribution in [3.63, 3.8) is 0 Å². The molecule has 1 aromatic heterocycles. The van der Waals surface area contributed by atoms with Crippen LogP contribution in [0.1, 0.15) is 51.5 Å². The number of alkyl carbamates (subject to hydrolysis) is 1. The topological polar surface area (TPSA) is 137 Å². The second kappa shape index (κ2) is 12.4. The molecule has 11 heteroatoms. The van der Waals surface area contributed by atoms with Crippen LogP contribution in [-0.2, 0) is 19.1 Å². The summed E-state index contributed by atoms with van der Waals surface area (Å²) in [4.78, 5) is 51.2. The molecule has 10 nitrogen and oxygen atoms in total. The average molecular weight is 471 g/mol. The Hall–Kier alpha value is -2.66. The quantitative estimate of drug-likeness (QED) is 0.405. The SMILES string of the molecule is CCC[C@H](NC(=O)OC(C)(C)C)C(O)C(=O)NCC(=O)N[C@H](C(=O)N(C)C)c1cccs1. The zero-order valence-electron chi connectivity index (χ0n) is 19.4. The number of carbonyl (C=O) groups excluding carboxylic acids is 4. The Labute approximate surface area is 192 Å². The van der Waals surface area contributed by atoms with Crippen LogP contribution in [0, 0.1) is 0 Å². The van der Waals surface area contributed by atoms with Gasteiger partial charge >= 0.3 is 6.09 Å². The highest BCUT2D eigenvalue weighted by Crippen LogP contribution is 2.20. The number of hydrogen-bond donors (Lipinski definition) is 4. The first-order valence-corrected chi connectivity index (χ1v) is 11.2. The standard InChI is InChI=1S/C21H34N4O6S/c1-7-9-13(23-20(30)31-21(2,3)4)17(27)18(28)22-12-15(26)24-16(19(29)25(5)6)14-10-8-11-32-14/h8,10-11,13,16-17,27H,7,9,12H2,1-6H3,(H,22,28)(H,23,30)(H,24,26)/t13-,16-,17?/m0/s1. The number of aliphatic hydroxyl groups is 1. The first kappa shape index (κ1) is 27.4. The van der Waals surface area contributed by atoms with Crippen molar-refractivity contribution in [2.24, 2.45) is 0 Å². The molecule has 1 rings (SSSR count). The number of carbonyl (C=O) groups is 4. The first-order valence-electron chi connectivity index (χ1n) is 10.3. The molecule has 0 aliphatic carbocycles. The number of nitrogens with one attached hydrogen (secondary N) is 3. The number of hydrogen-bond acceptors (Lipinski definition) is 7. The van der Waals surface area contributed by atoms with Crippen LogP contribution in [-0.4, -0.2) is 72.2 Å². The molecule has 32 heavy (non-hydrogen) atoms. The van der Waals surface area contributed by atoms with Crippen LogP contribution < -0.4 is 16.0 Å². The molecule has 4 N–H and O–H groups in total. The van der Waals surface area contributed by atoms with Crippen LogP contribution in [0.3, 0.4) is 0 Å². The molecule has 4 amide bonds. The lowest BCUT2D eigenvalue weighted by Crippen LogP contribution is -2.53. The number of rotatable bonds is 10. The summed E-state index contributed by atoms with van der Waals surface area (Å²) in [5.74, 6) is -1.72. The second-order valence-corrected chi connectivity index (χ2v) is 9.43. The molecule has 0 aliphatic rings. The average Bonchev–Trinajstić information content (AvgIpc) is 3.21. The third-order valence-corrected chi connectivity index (χ3v) is 5.13. The lowest BCUT2D eigenvalue weighted by Gasteiger charge is -2.26. The third-order valence-electron chi connectivity index (χ3n) is 4.20. The molecule has 0 aliphatic heterocycles. The van der Waals surface area contributed by atoms with E-state index >= 15 is 0 Å². The van der Waals surface area contributed by atoms with E-state index in [2.05, 4.69) is 16.0 Å². The first-order chi connectivity index (χ1) is 14.9. The molecule has 3 atom stereocenters. The van der Waals surface area contributed by atoms with E-state index in [1.54, 1.807) is 52.4 Å². The van der Waals surface area contributed by atoms with Gasteiger partial charge in [-0.2, -0.15) is 0 Å². The Balaban J connectivity index is 2.69. The van der Waals surface area contributed by atoms with Gasteiger partial charge in [0, 0.05) is 19.0 Å². The summed E-state index contributed by atoms with van der Waals surface area (Å²) in [7, 11) is 3.16. The van der Waals surface area contributed by atoms with E-state index in [1.165, 1.54) is 16.2 Å². The van der Waals surface area contributed by atoms with Gasteiger partial charge in [-0.3, -0.25) is 14.4 Å². The zero-order chi connectivity index (χ0) is 24.5. The highest BCUT2D eigenvalue weighted by atomic mass is 32.1. The fourth-order valence-corrected chi connectivity index (χ4v) is 3.48. The van der Waals surface area contributed by atoms with Crippen LogP contribution in [0.5, 0.6) is 0 Å². The number of aliphatic hydroxyl groups excluding tert-OH is 1. The van der Waals surface area contributed by atoms with Gasteiger partial charge in [0.2, 0.25) is 11.8 Å². The van der Waals surface area contributed by atoms with E-state index in [-0.39, 0.29) is 5.91 Å². The minimum Gasteiger partial charge on any atom is -0.444 e. The predicted octanol–water partition coefficient (Wildman–Crippen LogP) is 1.16. The van der Waals surface area contributed by atoms with Crippen molar-refractivity contribution in [3.8, 4) is 0 Å². The summed E-state index contributed by atoms with van der Waals surface area (Å²) in [6, 6.07) is 1.75. The number of amides is 4. The summed E-state index contributed by atoms with van der Waals surface area (Å²) < 4.78 is 5.17. The Kier molecular flexibility index (Phi) is 10.6. The highest BCUT2D eigenvalue weighted by molar-refractivity contribution is 7.10. The minimum absolute atomic E-state index is 0.309. The van der Waals surface area contributed by atoms with Crippen LogP contribution in [0.2, 0.25) is 0 Å². The Morgan fingerprint density at radius 1 is 1.19 bits per heavy atom. The number of ether oxygens (including phenoxy) is 1. The van der Waals surface area contributed by atoms with E-state index in [9.17, 15) is 24.3 Å². The van der Waals surface area contributed by atoms with Crippen LogP contribution in [0.4, 0.5) is 4.79 Å². The van der Waals surface area contributed by atoms with E-state index in [1.807, 2.05) is 6.92 Å². The van der Waals surface area contributed by atoms with Gasteiger partial charge in [-0.05, 0) is 38.6 Å². The molecule has 0 radical (unpaired) electrons. The number of nitrogens with zero attached hydrogens (tertiary/aromatic N) is 1. The van der Waals surface area contributed by atoms with E-state index in [0.29, 0.717) is 17.7 Å². The molecule has 0 aromatic carbocycles. The molecule has 180 valence electrons. The number of thiophene rings is 1. The lowest BCUT2D eigenvalue weighted by atomic mass is 10.1. The van der Waals surface area contributed by atoms with Crippen molar-refractivity contribution in [1.29, 1.82) is 0 Å². The highest BCUT2D eigenvalue weighted by Gasteiger charge is 2.30. The van der Waals surface area contributed by atoms with Crippen molar-refractivity contribution in [3.05, 3.63) is 22.4 Å². The maximum absolute atomic E-state index is 12.4. The maximum Gasteiger partial charge on any atom is 0.407 e. The van der Waals surface area contributed by atoms with Crippen molar-refractivity contribution >= 4 is 35.2 Å². The Bertz CT molecular complexity index is 776. The van der Waals surface area contributed by atoms with Gasteiger partial charge < -0.3 is 30.7 Å². The Morgan fingerprint density at radius 3 is 2.34 bits per heavy atom. The predicted molar refractivity (Wildman–Crippen MR) is 121 cm³/mol. The van der Waals surface area contributed by atoms with Gasteiger partial charge in [0.1, 0.15) is 11.6 Å². The summed E-state index contributed by atoms with van der Waals surface area (Å²) in [5.41, 5.74) is -0.727. The normalized spacial score (nSPS) is 14.0. The van der Waals surface area contributed by atoms with Gasteiger partial charge in [0.25, 0.3) is 5.91 Å². The lowest BCUT2D eigenvalue weighted by molar-refractivity contribution is -0.135. The zero-order valence-corrected chi connectivity index (χ0v) is 20.2. The van der Waals surface area contributed by atoms with Gasteiger partial charge in [0.05, 0.1) is 12.6 Å². The molecule has 0 saturated heterocycles. The molecule has 0 bridgehead atoms. The smallest absolute Gasteiger partial charge is 0.407 e. The summed E-state index contributed by atoms with van der Waals surface area (Å²) in [5, 5.41) is 19.6. The van der Waals surface area contributed by atoms with E-state index in [4.69, 9.17) is 4.74 Å². The summed E-state index contributed by atoms with van der Waals surface area (Å²) >= 11 is 1.33. The molecule has 1 unspecified atom stereocenters. The molecule has 0 spiro atoms. The van der Waals surface area contributed by atoms with Crippen molar-refractivity contribution in [2.75, 3.05) is 20.6 Å². The largest absolute Gasteiger partial charge is 0.444 e. The molecular formula is C21H34N4O6S. The van der Waals surface area contributed by atoms with Gasteiger partial charge in [-0.25, -0.2) is 4.79 Å². The fourth-order valence-electron chi connectivity index (χ4n) is 2.71. The fraction of sp³-hybridized carbons (Fsp3) is 0.619. The van der Waals surface area contributed by atoms with Gasteiger partial charge in [-0.1, -0.05) is 19.4 Å². The Morgan fingerprint density at radius 2 is 1.84 bits per heavy atom. The van der Waals surface area contributed by atoms with Gasteiger partial charge in [0.15, 0.2) is 6.10 Å². The third kappa shape index (κ3) is 9.23. The van der Waals surface area contributed by atoms with Crippen LogP contribution >= 0.6 is 11.3 Å². The molecule has 1 aromatic rings. The maximum atomic E-state index is 12.4. The molecule has 0 fully saturated rings. The van der Waals surface area contributed by atoms with Crippen molar-refractivity contribution in [2.45, 2.75) is 64.3 Å². The van der Waals surface area contributed by atoms with Gasteiger partial charge in [-0.15, -0.1) is 11.3 Å². The summed E-state index contributed by atoms with van der Waals surface area (Å²) in [6.07, 6.45) is -1.40. The molecule has 1 heterocycles. The monoisotopic (exact) mass is 470 g/mol. The number of likely N-dealkylation sites (N-methyl/N-ethyl adjacent to an activating group) is 1. The molecule has 0 saturated carbocycles. The van der Waals surface area contributed by atoms with Crippen molar-refractivity contribution in [1.82, 2.24) is 20.9 Å². The second-order valence-electron chi connectivity index (χ2n) is 8.45. The van der Waals surface area contributed by atoms with E-state index < -0.39 is 48.2 Å². The van der Waals surface area contributed by atoms with Crippen molar-refractivity contribution < 1.29 is 29.0 Å². The molecular weight excluding hydrogens is 436 g/mol. The van der Waals surface area contributed by atoms with Crippen LogP contribution in [0.25, 0.3) is 0 Å². The van der Waals surface area contributed by atoms with E-state index in [0.717, 1.165) is 0 Å². The minimum atomic E-state index is -1.58. The van der Waals surface area contributed by atoms with Crippen LogP contribution in [0.15, 0.2) is 17.5 Å².